The van der Waals surface area contributed by atoms with Crippen LogP contribution in [0.2, 0.25) is 0 Å². The molecule has 1 aromatic carbocycles. The summed E-state index contributed by atoms with van der Waals surface area (Å²) in [4.78, 5) is 6.72. The van der Waals surface area contributed by atoms with E-state index in [2.05, 4.69) is 16.0 Å². The van der Waals surface area contributed by atoms with Crippen molar-refractivity contribution in [2.45, 2.75) is 5.88 Å². The summed E-state index contributed by atoms with van der Waals surface area (Å²) >= 11 is 6.02. The van der Waals surface area contributed by atoms with Crippen LogP contribution in [0.3, 0.4) is 0 Å². The van der Waals surface area contributed by atoms with Gasteiger partial charge in [-0.1, -0.05) is 18.2 Å². The second-order valence-corrected chi connectivity index (χ2v) is 4.47. The minimum absolute atomic E-state index is 0.494. The molecule has 0 fully saturated rings. The van der Waals surface area contributed by atoms with E-state index in [1.165, 1.54) is 0 Å². The number of aromatic nitrogens is 1. The number of rotatable bonds is 5. The summed E-state index contributed by atoms with van der Waals surface area (Å²) in [5.74, 6) is 1.43. The molecule has 4 heteroatoms. The molecule has 0 aliphatic carbocycles. The molecule has 0 bridgehead atoms. The first-order chi connectivity index (χ1) is 8.76. The van der Waals surface area contributed by atoms with E-state index in [0.717, 1.165) is 28.8 Å². The molecule has 2 aromatic rings. The lowest BCUT2D eigenvalue weighted by Crippen LogP contribution is -2.23. The average Bonchev–Trinajstić information content (AvgIpc) is 2.43. The molecule has 0 aliphatic rings. The summed E-state index contributed by atoms with van der Waals surface area (Å²) in [5.41, 5.74) is 2.09. The highest BCUT2D eigenvalue weighted by atomic mass is 35.5. The van der Waals surface area contributed by atoms with Crippen molar-refractivity contribution in [3.63, 3.8) is 0 Å². The lowest BCUT2D eigenvalue weighted by Gasteiger charge is -2.19. The summed E-state index contributed by atoms with van der Waals surface area (Å²) in [6.45, 7) is 1.49. The normalized spacial score (nSPS) is 10.8. The molecule has 0 N–H and O–H groups in total. The molecule has 0 unspecified atom stereocenters. The maximum atomic E-state index is 6.02. The van der Waals surface area contributed by atoms with Gasteiger partial charge in [0.05, 0.1) is 12.1 Å². The fourth-order valence-electron chi connectivity index (χ4n) is 1.88. The molecule has 0 saturated carbocycles. The van der Waals surface area contributed by atoms with Gasteiger partial charge in [-0.25, -0.2) is 4.98 Å². The maximum absolute atomic E-state index is 6.02. The number of fused-ring (bicyclic) bond motifs is 1. The Morgan fingerprint density at radius 3 is 2.83 bits per heavy atom. The van der Waals surface area contributed by atoms with Gasteiger partial charge in [0, 0.05) is 32.0 Å². The molecule has 1 aromatic heterocycles. The van der Waals surface area contributed by atoms with Crippen LogP contribution in [0.4, 0.5) is 5.82 Å². The summed E-state index contributed by atoms with van der Waals surface area (Å²) < 4.78 is 5.08. The predicted molar refractivity (Wildman–Crippen MR) is 76.4 cm³/mol. The van der Waals surface area contributed by atoms with E-state index in [-0.39, 0.29) is 0 Å². The first-order valence-corrected chi connectivity index (χ1v) is 6.44. The first-order valence-electron chi connectivity index (χ1n) is 5.91. The number of halogens is 1. The molecule has 0 amide bonds. The largest absolute Gasteiger partial charge is 0.383 e. The van der Waals surface area contributed by atoms with Crippen LogP contribution < -0.4 is 4.90 Å². The van der Waals surface area contributed by atoms with Gasteiger partial charge in [0.1, 0.15) is 5.82 Å². The Morgan fingerprint density at radius 2 is 2.11 bits per heavy atom. The number of ether oxygens (including phenoxy) is 1. The Kier molecular flexibility index (Phi) is 4.39. The quantitative estimate of drug-likeness (QED) is 0.776. The van der Waals surface area contributed by atoms with Gasteiger partial charge >= 0.3 is 0 Å². The second-order valence-electron chi connectivity index (χ2n) is 4.20. The molecule has 0 spiro atoms. The number of benzene rings is 1. The Hall–Kier alpha value is -1.32. The van der Waals surface area contributed by atoms with Crippen molar-refractivity contribution in [2.75, 3.05) is 32.2 Å². The Balaban J connectivity index is 2.40. The number of hydrogen-bond donors (Lipinski definition) is 0. The van der Waals surface area contributed by atoms with Crippen molar-refractivity contribution in [2.24, 2.45) is 0 Å². The molecule has 2 rings (SSSR count). The van der Waals surface area contributed by atoms with Crippen molar-refractivity contribution in [1.82, 2.24) is 4.98 Å². The maximum Gasteiger partial charge on any atom is 0.129 e. The van der Waals surface area contributed by atoms with Crippen LogP contribution in [0.25, 0.3) is 10.9 Å². The van der Waals surface area contributed by atoms with Crippen LogP contribution in [0.15, 0.2) is 30.3 Å². The Bertz CT molecular complexity index is 530. The van der Waals surface area contributed by atoms with Gasteiger partial charge in [-0.3, -0.25) is 0 Å². The molecular weight excluding hydrogens is 248 g/mol. The van der Waals surface area contributed by atoms with E-state index in [1.807, 2.05) is 31.3 Å². The Morgan fingerprint density at radius 1 is 1.33 bits per heavy atom. The standard InChI is InChI=1S/C14H17ClN2O/c1-17(7-8-18-2)14-9-11(10-15)12-5-3-4-6-13(12)16-14/h3-6,9H,7-8,10H2,1-2H3. The number of hydrogen-bond acceptors (Lipinski definition) is 3. The molecule has 0 radical (unpaired) electrons. The number of anilines is 1. The third-order valence-corrected chi connectivity index (χ3v) is 3.24. The molecule has 3 nitrogen and oxygen atoms in total. The van der Waals surface area contributed by atoms with E-state index in [4.69, 9.17) is 16.3 Å². The van der Waals surface area contributed by atoms with Gasteiger partial charge in [0.15, 0.2) is 0 Å². The van der Waals surface area contributed by atoms with Gasteiger partial charge in [0.2, 0.25) is 0 Å². The van der Waals surface area contributed by atoms with Crippen molar-refractivity contribution in [3.8, 4) is 0 Å². The fourth-order valence-corrected chi connectivity index (χ4v) is 2.10. The zero-order valence-corrected chi connectivity index (χ0v) is 11.4. The van der Waals surface area contributed by atoms with Crippen LogP contribution >= 0.6 is 11.6 Å². The minimum Gasteiger partial charge on any atom is -0.383 e. The van der Waals surface area contributed by atoms with E-state index in [9.17, 15) is 0 Å². The molecule has 0 atom stereocenters. The van der Waals surface area contributed by atoms with E-state index >= 15 is 0 Å². The van der Waals surface area contributed by atoms with Crippen molar-refractivity contribution >= 4 is 28.3 Å². The van der Waals surface area contributed by atoms with Crippen molar-refractivity contribution < 1.29 is 4.74 Å². The highest BCUT2D eigenvalue weighted by molar-refractivity contribution is 6.18. The summed E-state index contributed by atoms with van der Waals surface area (Å²) in [6.07, 6.45) is 0. The van der Waals surface area contributed by atoms with E-state index in [0.29, 0.717) is 12.5 Å². The van der Waals surface area contributed by atoms with Crippen molar-refractivity contribution in [3.05, 3.63) is 35.9 Å². The molecular formula is C14H17ClN2O. The molecule has 0 aliphatic heterocycles. The van der Waals surface area contributed by atoms with E-state index < -0.39 is 0 Å². The average molecular weight is 265 g/mol. The van der Waals surface area contributed by atoms with Crippen LogP contribution in [-0.4, -0.2) is 32.3 Å². The number of para-hydroxylation sites is 1. The van der Waals surface area contributed by atoms with E-state index in [1.54, 1.807) is 7.11 Å². The monoisotopic (exact) mass is 264 g/mol. The number of pyridine rings is 1. The van der Waals surface area contributed by atoms with Crippen LogP contribution in [0, 0.1) is 0 Å². The van der Waals surface area contributed by atoms with Gasteiger partial charge in [-0.15, -0.1) is 11.6 Å². The summed E-state index contributed by atoms with van der Waals surface area (Å²) in [7, 11) is 3.71. The molecule has 18 heavy (non-hydrogen) atoms. The number of likely N-dealkylation sites (N-methyl/N-ethyl adjacent to an activating group) is 1. The highest BCUT2D eigenvalue weighted by Crippen LogP contribution is 2.23. The highest BCUT2D eigenvalue weighted by Gasteiger charge is 2.08. The first kappa shape index (κ1) is 13.1. The zero-order valence-electron chi connectivity index (χ0n) is 10.7. The molecule has 0 saturated heterocycles. The Labute approximate surface area is 112 Å². The van der Waals surface area contributed by atoms with Gasteiger partial charge in [0.25, 0.3) is 0 Å². The topological polar surface area (TPSA) is 25.4 Å². The van der Waals surface area contributed by atoms with Gasteiger partial charge < -0.3 is 9.64 Å². The smallest absolute Gasteiger partial charge is 0.129 e. The van der Waals surface area contributed by atoms with Gasteiger partial charge in [-0.2, -0.15) is 0 Å². The number of methoxy groups -OCH3 is 1. The summed E-state index contributed by atoms with van der Waals surface area (Å²) in [6, 6.07) is 10.1. The van der Waals surface area contributed by atoms with Crippen LogP contribution in [-0.2, 0) is 10.6 Å². The predicted octanol–water partition coefficient (Wildman–Crippen LogP) is 3.06. The van der Waals surface area contributed by atoms with Crippen LogP contribution in [0.5, 0.6) is 0 Å². The lowest BCUT2D eigenvalue weighted by atomic mass is 10.1. The van der Waals surface area contributed by atoms with Crippen molar-refractivity contribution in [1.29, 1.82) is 0 Å². The molecule has 96 valence electrons. The number of nitrogens with zero attached hydrogens (tertiary/aromatic N) is 2. The number of alkyl halides is 1. The third-order valence-electron chi connectivity index (χ3n) is 2.95. The summed E-state index contributed by atoms with van der Waals surface area (Å²) in [5, 5.41) is 1.12. The van der Waals surface area contributed by atoms with Gasteiger partial charge in [-0.05, 0) is 17.7 Å². The third kappa shape index (κ3) is 2.74. The SMILES string of the molecule is COCCN(C)c1cc(CCl)c2ccccc2n1. The lowest BCUT2D eigenvalue weighted by molar-refractivity contribution is 0.206. The fraction of sp³-hybridized carbons (Fsp3) is 0.357. The molecule has 1 heterocycles. The second kappa shape index (κ2) is 6.03. The minimum atomic E-state index is 0.494. The van der Waals surface area contributed by atoms with Crippen LogP contribution in [0.1, 0.15) is 5.56 Å². The zero-order chi connectivity index (χ0) is 13.0.